The van der Waals surface area contributed by atoms with Crippen LogP contribution in [0.1, 0.15) is 46.6 Å². The van der Waals surface area contributed by atoms with Crippen molar-refractivity contribution in [3.63, 3.8) is 0 Å². The molecule has 0 spiro atoms. The molecule has 0 atom stereocenters. The number of benzene rings is 1. The van der Waals surface area contributed by atoms with Crippen LogP contribution in [0, 0.1) is 0 Å². The summed E-state index contributed by atoms with van der Waals surface area (Å²) in [4.78, 5) is 2.23. The molecule has 0 bridgehead atoms. The Kier molecular flexibility index (Phi) is 10.0. The Morgan fingerprint density at radius 2 is 1.75 bits per heavy atom. The Bertz CT molecular complexity index is 444. The summed E-state index contributed by atoms with van der Waals surface area (Å²) in [7, 11) is 4.24. The first-order valence-corrected chi connectivity index (χ1v) is 7.59. The Morgan fingerprint density at radius 3 is 2.30 bits per heavy atom. The monoisotopic (exact) mass is 271 g/mol. The van der Waals surface area contributed by atoms with Crippen LogP contribution >= 0.6 is 0 Å². The molecule has 0 fully saturated rings. The second kappa shape index (κ2) is 10.6. The normalized spacial score (nSPS) is 11.8. The third-order valence-corrected chi connectivity index (χ3v) is 3.29. The Labute approximate surface area is 126 Å². The SMILES string of the molecule is CC.CC=Bc1ccccc1/C(C)=C(/C)CCN(C)C. The molecule has 1 rings (SSSR count). The van der Waals surface area contributed by atoms with E-state index in [1.165, 1.54) is 22.2 Å². The van der Waals surface area contributed by atoms with Crippen LogP contribution in [0.5, 0.6) is 0 Å². The standard InChI is InChI=1S/C16H24BN.C2H6/c1-6-17-16-10-8-7-9-15(16)14(3)13(2)11-12-18(4)5;1-2/h6-10H,11-12H2,1-5H3;1-2H3/b14-13-;. The van der Waals surface area contributed by atoms with Gasteiger partial charge in [0.1, 0.15) is 0 Å². The van der Waals surface area contributed by atoms with Crippen molar-refractivity contribution >= 4 is 23.9 Å². The fourth-order valence-electron chi connectivity index (χ4n) is 1.97. The molecule has 1 nitrogen and oxygen atoms in total. The van der Waals surface area contributed by atoms with Gasteiger partial charge in [0.2, 0.25) is 0 Å². The molecule has 0 saturated heterocycles. The van der Waals surface area contributed by atoms with Crippen molar-refractivity contribution in [1.29, 1.82) is 0 Å². The fraction of sp³-hybridized carbons (Fsp3) is 0.500. The summed E-state index contributed by atoms with van der Waals surface area (Å²) < 4.78 is 0. The molecule has 0 radical (unpaired) electrons. The molecule has 110 valence electrons. The molecule has 0 heterocycles. The van der Waals surface area contributed by atoms with Crippen molar-refractivity contribution in [1.82, 2.24) is 4.90 Å². The first-order chi connectivity index (χ1) is 9.56. The van der Waals surface area contributed by atoms with Crippen LogP contribution in [-0.4, -0.2) is 38.4 Å². The van der Waals surface area contributed by atoms with Gasteiger partial charge in [-0.3, -0.25) is 0 Å². The van der Waals surface area contributed by atoms with Crippen molar-refractivity contribution in [2.75, 3.05) is 20.6 Å². The molecule has 0 aliphatic carbocycles. The van der Waals surface area contributed by atoms with Gasteiger partial charge in [0.15, 0.2) is 0 Å². The Hall–Kier alpha value is -1.15. The zero-order valence-electron chi connectivity index (χ0n) is 14.3. The van der Waals surface area contributed by atoms with E-state index in [4.69, 9.17) is 0 Å². The van der Waals surface area contributed by atoms with E-state index >= 15 is 0 Å². The zero-order valence-corrected chi connectivity index (χ0v) is 14.3. The van der Waals surface area contributed by atoms with E-state index in [1.54, 1.807) is 0 Å². The molecule has 0 amide bonds. The van der Waals surface area contributed by atoms with E-state index in [9.17, 15) is 0 Å². The van der Waals surface area contributed by atoms with E-state index in [1.807, 2.05) is 13.8 Å². The van der Waals surface area contributed by atoms with Crippen molar-refractivity contribution in [3.05, 3.63) is 35.4 Å². The van der Waals surface area contributed by atoms with Crippen molar-refractivity contribution < 1.29 is 0 Å². The minimum absolute atomic E-state index is 1.11. The van der Waals surface area contributed by atoms with E-state index in [0.717, 1.165) is 13.0 Å². The summed E-state index contributed by atoms with van der Waals surface area (Å²) in [6.07, 6.45) is 1.13. The van der Waals surface area contributed by atoms with Crippen LogP contribution < -0.4 is 5.46 Å². The topological polar surface area (TPSA) is 3.24 Å². The zero-order chi connectivity index (χ0) is 15.5. The molecule has 1 aromatic carbocycles. The molecule has 0 aromatic heterocycles. The fourth-order valence-corrected chi connectivity index (χ4v) is 1.97. The van der Waals surface area contributed by atoms with Crippen LogP contribution in [0.25, 0.3) is 5.57 Å². The van der Waals surface area contributed by atoms with Gasteiger partial charge in [-0.25, -0.2) is 0 Å². The third kappa shape index (κ3) is 6.34. The predicted molar refractivity (Wildman–Crippen MR) is 96.4 cm³/mol. The Balaban J connectivity index is 0.00000172. The van der Waals surface area contributed by atoms with E-state index in [2.05, 4.69) is 76.9 Å². The van der Waals surface area contributed by atoms with Crippen molar-refractivity contribution in [2.45, 2.75) is 41.0 Å². The summed E-state index contributed by atoms with van der Waals surface area (Å²) >= 11 is 0. The average molecular weight is 271 g/mol. The van der Waals surface area contributed by atoms with Gasteiger partial charge in [0.25, 0.3) is 0 Å². The van der Waals surface area contributed by atoms with Crippen LogP contribution in [0.2, 0.25) is 0 Å². The molecular formula is C18H30BN. The maximum atomic E-state index is 2.24. The number of hydrogen-bond donors (Lipinski definition) is 0. The molecule has 1 aromatic rings. The van der Waals surface area contributed by atoms with E-state index in [-0.39, 0.29) is 0 Å². The molecule has 2 heteroatoms. The second-order valence-corrected chi connectivity index (χ2v) is 5.05. The van der Waals surface area contributed by atoms with Gasteiger partial charge in [-0.2, -0.15) is 0 Å². The van der Waals surface area contributed by atoms with Crippen LogP contribution in [0.4, 0.5) is 0 Å². The van der Waals surface area contributed by atoms with Gasteiger partial charge >= 0.3 is 112 Å². The number of nitrogens with zero attached hydrogens (tertiary/aromatic N) is 1. The van der Waals surface area contributed by atoms with Crippen LogP contribution in [0.15, 0.2) is 29.8 Å². The first kappa shape index (κ1) is 18.9. The summed E-state index contributed by atoms with van der Waals surface area (Å²) in [6, 6.07) is 8.61. The molecule has 0 aliphatic rings. The van der Waals surface area contributed by atoms with Gasteiger partial charge in [-0.05, 0) is 0 Å². The van der Waals surface area contributed by atoms with Gasteiger partial charge in [0, 0.05) is 0 Å². The molecule has 0 N–H and O–H groups in total. The van der Waals surface area contributed by atoms with Crippen LogP contribution in [0.3, 0.4) is 0 Å². The predicted octanol–water partition coefficient (Wildman–Crippen LogP) is 3.61. The number of rotatable bonds is 5. The van der Waals surface area contributed by atoms with Gasteiger partial charge in [0.05, 0.1) is 0 Å². The summed E-state index contributed by atoms with van der Waals surface area (Å²) in [6.45, 7) is 13.8. The Morgan fingerprint density at radius 1 is 1.15 bits per heavy atom. The van der Waals surface area contributed by atoms with E-state index < -0.39 is 0 Å². The molecule has 0 aliphatic heterocycles. The van der Waals surface area contributed by atoms with Crippen molar-refractivity contribution in [2.24, 2.45) is 0 Å². The average Bonchev–Trinajstić information content (AvgIpc) is 2.47. The summed E-state index contributed by atoms with van der Waals surface area (Å²) in [5, 5.41) is 0. The quantitative estimate of drug-likeness (QED) is 0.739. The van der Waals surface area contributed by atoms with Gasteiger partial charge < -0.3 is 0 Å². The molecular weight excluding hydrogens is 241 g/mol. The van der Waals surface area contributed by atoms with E-state index in [0.29, 0.717) is 0 Å². The number of hydrogen-bond acceptors (Lipinski definition) is 1. The minimum atomic E-state index is 1.11. The second-order valence-electron chi connectivity index (χ2n) is 5.05. The maximum absolute atomic E-state index is 2.24. The molecule has 20 heavy (non-hydrogen) atoms. The summed E-state index contributed by atoms with van der Waals surface area (Å²) in [5.41, 5.74) is 5.54. The van der Waals surface area contributed by atoms with Gasteiger partial charge in [-0.1, -0.05) is 13.8 Å². The van der Waals surface area contributed by atoms with Crippen molar-refractivity contribution in [3.8, 4) is 0 Å². The summed E-state index contributed by atoms with van der Waals surface area (Å²) in [5.74, 6) is 2.10. The molecule has 0 unspecified atom stereocenters. The number of allylic oxidation sites excluding steroid dienone is 1. The molecule has 0 saturated carbocycles. The third-order valence-electron chi connectivity index (χ3n) is 3.29. The van der Waals surface area contributed by atoms with Gasteiger partial charge in [-0.15, -0.1) is 0 Å². The first-order valence-electron chi connectivity index (χ1n) is 7.59. The van der Waals surface area contributed by atoms with Crippen LogP contribution in [-0.2, 0) is 0 Å².